The molecule has 0 saturated carbocycles. The maximum absolute atomic E-state index is 13.2. The van der Waals surface area contributed by atoms with Crippen molar-refractivity contribution in [2.24, 2.45) is 11.7 Å². The summed E-state index contributed by atoms with van der Waals surface area (Å²) in [6.45, 7) is 7.71. The van der Waals surface area contributed by atoms with E-state index < -0.39 is 5.91 Å². The molecule has 0 unspecified atom stereocenters. The fourth-order valence-electron chi connectivity index (χ4n) is 6.75. The van der Waals surface area contributed by atoms with Crippen molar-refractivity contribution in [3.05, 3.63) is 58.9 Å². The number of ether oxygens (including phenoxy) is 2. The lowest BCUT2D eigenvalue weighted by Crippen LogP contribution is -2.55. The zero-order valence-electron chi connectivity index (χ0n) is 26.6. The summed E-state index contributed by atoms with van der Waals surface area (Å²) in [5, 5.41) is 6.41. The Labute approximate surface area is 282 Å². The third-order valence-corrected chi connectivity index (χ3v) is 10.4. The minimum Gasteiger partial charge on any atom is -0.482 e. The summed E-state index contributed by atoms with van der Waals surface area (Å²) in [7, 11) is 0. The number of halogens is 1. The molecule has 0 spiro atoms. The van der Waals surface area contributed by atoms with E-state index in [0.717, 1.165) is 49.3 Å². The topological polar surface area (TPSA) is 142 Å². The number of hydrogen-bond donors (Lipinski definition) is 1. The number of primary amides is 1. The highest BCUT2D eigenvalue weighted by Crippen LogP contribution is 2.42. The second-order valence-corrected chi connectivity index (χ2v) is 14.2. The van der Waals surface area contributed by atoms with Crippen molar-refractivity contribution in [2.75, 3.05) is 44.1 Å². The summed E-state index contributed by atoms with van der Waals surface area (Å²) in [5.41, 5.74) is 9.87. The van der Waals surface area contributed by atoms with Crippen LogP contribution in [-0.4, -0.2) is 91.9 Å². The molecule has 2 atom stereocenters. The Balaban J connectivity index is 1.32. The Hall–Kier alpha value is -3.78. The lowest BCUT2D eigenvalue weighted by molar-refractivity contribution is -0.121. The fourth-order valence-corrected chi connectivity index (χ4v) is 7.75. The number of nitrogens with two attached hydrogens (primary N) is 1. The van der Waals surface area contributed by atoms with Gasteiger partial charge in [0.2, 0.25) is 0 Å². The van der Waals surface area contributed by atoms with Crippen molar-refractivity contribution >= 4 is 51.9 Å². The van der Waals surface area contributed by atoms with Gasteiger partial charge in [0.15, 0.2) is 12.3 Å². The maximum atomic E-state index is 13.2. The van der Waals surface area contributed by atoms with Gasteiger partial charge in [0.1, 0.15) is 11.6 Å². The van der Waals surface area contributed by atoms with Gasteiger partial charge < -0.3 is 15.2 Å². The number of rotatable bonds is 9. The average molecular weight is 677 g/mol. The second kappa shape index (κ2) is 13.0. The van der Waals surface area contributed by atoms with Crippen molar-refractivity contribution in [3.8, 4) is 16.9 Å². The van der Waals surface area contributed by atoms with Gasteiger partial charge >= 0.3 is 0 Å². The molecule has 246 valence electrons. The van der Waals surface area contributed by atoms with Crippen molar-refractivity contribution in [1.82, 2.24) is 29.6 Å². The van der Waals surface area contributed by atoms with Crippen LogP contribution in [0.3, 0.4) is 0 Å². The van der Waals surface area contributed by atoms with Crippen molar-refractivity contribution < 1.29 is 19.1 Å². The van der Waals surface area contributed by atoms with Gasteiger partial charge in [0.05, 0.1) is 60.0 Å². The molecule has 47 heavy (non-hydrogen) atoms. The molecule has 1 aromatic carbocycles. The molecule has 3 aliphatic rings. The molecule has 4 aromatic rings. The Morgan fingerprint density at radius 1 is 1.19 bits per heavy atom. The molecule has 14 heteroatoms. The number of anilines is 1. The largest absolute Gasteiger partial charge is 0.482 e. The first-order valence-electron chi connectivity index (χ1n) is 15.8. The zero-order valence-corrected chi connectivity index (χ0v) is 28.1. The van der Waals surface area contributed by atoms with Gasteiger partial charge in [-0.2, -0.15) is 16.9 Å². The first-order valence-corrected chi connectivity index (χ1v) is 17.5. The van der Waals surface area contributed by atoms with Crippen LogP contribution in [0.1, 0.15) is 48.2 Å². The van der Waals surface area contributed by atoms with E-state index in [9.17, 15) is 9.59 Å². The van der Waals surface area contributed by atoms with Gasteiger partial charge in [-0.05, 0) is 42.7 Å². The predicted molar refractivity (Wildman–Crippen MR) is 181 cm³/mol. The lowest BCUT2D eigenvalue weighted by Gasteiger charge is -2.44. The number of fused-ring (bicyclic) bond motifs is 2. The van der Waals surface area contributed by atoms with E-state index in [1.807, 2.05) is 30.0 Å². The number of piperidine rings is 1. The van der Waals surface area contributed by atoms with Crippen LogP contribution in [0.15, 0.2) is 36.8 Å². The van der Waals surface area contributed by atoms with E-state index in [4.69, 9.17) is 36.9 Å². The van der Waals surface area contributed by atoms with E-state index in [1.54, 1.807) is 11.1 Å². The van der Waals surface area contributed by atoms with Crippen molar-refractivity contribution in [3.63, 3.8) is 0 Å². The Morgan fingerprint density at radius 2 is 1.98 bits per heavy atom. The van der Waals surface area contributed by atoms with E-state index >= 15 is 0 Å². The first kappa shape index (κ1) is 31.8. The van der Waals surface area contributed by atoms with E-state index in [0.29, 0.717) is 56.8 Å². The molecular formula is C33H37ClN8O4S. The molecule has 3 aromatic heterocycles. The number of likely N-dealkylation sites (tertiary alicyclic amines) is 1. The van der Waals surface area contributed by atoms with Gasteiger partial charge in [-0.25, -0.2) is 19.6 Å². The second-order valence-electron chi connectivity index (χ2n) is 12.7. The number of hydrogen-bond acceptors (Lipinski definition) is 10. The number of benzene rings is 1. The SMILES string of the molecule is CS[C@@H]1CN(C2COC2)CC[C@H]1n1ncc2c(-c3ccc4c(c3)OCC(=O)N4Cc3ncc(Cl)cn3)c(C(N)=O)c(CC(C)C)nc21. The zero-order chi connectivity index (χ0) is 32.8. The molecular weight excluding hydrogens is 640 g/mol. The minimum absolute atomic E-state index is 0.132. The highest BCUT2D eigenvalue weighted by Gasteiger charge is 2.37. The van der Waals surface area contributed by atoms with Gasteiger partial charge in [-0.3, -0.25) is 19.4 Å². The highest BCUT2D eigenvalue weighted by atomic mass is 35.5. The molecule has 0 radical (unpaired) electrons. The van der Waals surface area contributed by atoms with Gasteiger partial charge in [-0.15, -0.1) is 0 Å². The smallest absolute Gasteiger partial charge is 0.265 e. The van der Waals surface area contributed by atoms with Crippen LogP contribution in [0, 0.1) is 5.92 Å². The number of nitrogens with zero attached hydrogens (tertiary/aromatic N) is 7. The van der Waals surface area contributed by atoms with Crippen molar-refractivity contribution in [1.29, 1.82) is 0 Å². The quantitative estimate of drug-likeness (QED) is 0.275. The molecule has 2 N–H and O–H groups in total. The standard InChI is InChI=1S/C33H37ClN8O4S/c1-18(2)8-23-31(32(35)44)30(19-4-5-24-26(9-19)46-17-29(43)41(24)14-28-36-10-20(34)11-37-28)22-12-38-42(33(22)39-23)25-6-7-40(13-27(25)47-3)21-15-45-16-21/h4-5,9-12,18,21,25,27H,6-8,13-17H2,1-3H3,(H2,35,44)/t25-,27-/m1/s1. The minimum atomic E-state index is -0.550. The molecule has 0 bridgehead atoms. The van der Waals surface area contributed by atoms with E-state index in [-0.39, 0.29) is 31.0 Å². The van der Waals surface area contributed by atoms with Crippen LogP contribution in [0.25, 0.3) is 22.2 Å². The summed E-state index contributed by atoms with van der Waals surface area (Å²) in [4.78, 5) is 43.9. The molecule has 2 saturated heterocycles. The molecule has 2 fully saturated rings. The number of amides is 2. The Morgan fingerprint density at radius 3 is 2.66 bits per heavy atom. The number of pyridine rings is 1. The summed E-state index contributed by atoms with van der Waals surface area (Å²) in [6, 6.07) is 6.19. The van der Waals surface area contributed by atoms with Crippen LogP contribution in [0.4, 0.5) is 5.69 Å². The fraction of sp³-hybridized carbons (Fsp3) is 0.455. The number of aromatic nitrogens is 5. The molecule has 6 heterocycles. The number of carbonyl (C=O) groups is 2. The first-order chi connectivity index (χ1) is 22.7. The molecule has 7 rings (SSSR count). The maximum Gasteiger partial charge on any atom is 0.265 e. The summed E-state index contributed by atoms with van der Waals surface area (Å²) >= 11 is 7.81. The molecule has 2 amide bonds. The van der Waals surface area contributed by atoms with Crippen LogP contribution >= 0.6 is 23.4 Å². The van der Waals surface area contributed by atoms with Gasteiger partial charge in [-0.1, -0.05) is 31.5 Å². The Bertz CT molecular complexity index is 1830. The van der Waals surface area contributed by atoms with Crippen molar-refractivity contribution in [2.45, 2.75) is 50.6 Å². The monoisotopic (exact) mass is 676 g/mol. The normalized spacial score (nSPS) is 20.4. The van der Waals surface area contributed by atoms with Crippen LogP contribution in [-0.2, 0) is 22.5 Å². The third-order valence-electron chi connectivity index (χ3n) is 9.14. The van der Waals surface area contributed by atoms with Crippen LogP contribution in [0.2, 0.25) is 5.02 Å². The predicted octanol–water partition coefficient (Wildman–Crippen LogP) is 4.14. The molecule has 3 aliphatic heterocycles. The average Bonchev–Trinajstić information content (AvgIpc) is 3.44. The summed E-state index contributed by atoms with van der Waals surface area (Å²) in [5.74, 6) is 0.422. The summed E-state index contributed by atoms with van der Waals surface area (Å²) < 4.78 is 13.5. The third kappa shape index (κ3) is 6.05. The molecule has 12 nitrogen and oxygen atoms in total. The lowest BCUT2D eigenvalue weighted by atomic mass is 9.92. The summed E-state index contributed by atoms with van der Waals surface area (Å²) in [6.07, 6.45) is 8.47. The van der Waals surface area contributed by atoms with Gasteiger partial charge in [0.25, 0.3) is 11.8 Å². The highest BCUT2D eigenvalue weighted by molar-refractivity contribution is 7.99. The van der Waals surface area contributed by atoms with E-state index in [1.165, 1.54) is 12.4 Å². The Kier molecular flexibility index (Phi) is 8.81. The van der Waals surface area contributed by atoms with Gasteiger partial charge in [0, 0.05) is 41.7 Å². The van der Waals surface area contributed by atoms with Crippen LogP contribution < -0.4 is 15.4 Å². The number of carbonyl (C=O) groups excluding carboxylic acids is 2. The van der Waals surface area contributed by atoms with Crippen LogP contribution in [0.5, 0.6) is 5.75 Å². The van der Waals surface area contributed by atoms with E-state index in [2.05, 4.69) is 39.7 Å². The molecule has 0 aliphatic carbocycles. The number of thioether (sulfide) groups is 1.